The molecule has 0 atom stereocenters. The molecule has 5 heteroatoms. The Balaban J connectivity index is 2.20. The number of benzene rings is 3. The zero-order chi connectivity index (χ0) is 19.9. The first-order chi connectivity index (χ1) is 13.6. The highest BCUT2D eigenvalue weighted by Gasteiger charge is 2.37. The van der Waals surface area contributed by atoms with E-state index in [1.165, 1.54) is 0 Å². The molecule has 0 aromatic heterocycles. The lowest BCUT2D eigenvalue weighted by molar-refractivity contribution is 0.504. The molecule has 3 aromatic rings. The third-order valence-corrected chi connectivity index (χ3v) is 9.67. The second-order valence-corrected chi connectivity index (χ2v) is 11.1. The van der Waals surface area contributed by atoms with Crippen molar-refractivity contribution in [3.05, 3.63) is 91.0 Å². The Morgan fingerprint density at radius 2 is 1.04 bits per heavy atom. The molecule has 148 valence electrons. The van der Waals surface area contributed by atoms with Crippen LogP contribution in [-0.2, 0) is 13.7 Å². The van der Waals surface area contributed by atoms with Crippen LogP contribution < -0.4 is 0 Å². The SMILES string of the molecule is CCCCCS(=O)(=O)OS(c1ccccc1)(c1ccccc1)c1ccccc1. The van der Waals surface area contributed by atoms with Gasteiger partial charge < -0.3 is 0 Å². The summed E-state index contributed by atoms with van der Waals surface area (Å²) in [5.41, 5.74) is 0. The largest absolute Gasteiger partial charge is 0.277 e. The van der Waals surface area contributed by atoms with Gasteiger partial charge in [-0.2, -0.15) is 8.42 Å². The van der Waals surface area contributed by atoms with E-state index in [-0.39, 0.29) is 5.75 Å². The quantitative estimate of drug-likeness (QED) is 0.379. The predicted molar refractivity (Wildman–Crippen MR) is 116 cm³/mol. The van der Waals surface area contributed by atoms with Crippen LogP contribution in [0.2, 0.25) is 0 Å². The molecule has 0 aliphatic rings. The molecule has 0 saturated heterocycles. The zero-order valence-corrected chi connectivity index (χ0v) is 17.7. The van der Waals surface area contributed by atoms with Gasteiger partial charge >= 0.3 is 0 Å². The lowest BCUT2D eigenvalue weighted by atomic mass is 10.3. The van der Waals surface area contributed by atoms with Crippen molar-refractivity contribution in [3.63, 3.8) is 0 Å². The molecule has 3 rings (SSSR count). The summed E-state index contributed by atoms with van der Waals surface area (Å²) in [6.07, 6.45) is 2.43. The highest BCUT2D eigenvalue weighted by Crippen LogP contribution is 2.69. The zero-order valence-electron chi connectivity index (χ0n) is 16.0. The first-order valence-corrected chi connectivity index (χ1v) is 12.6. The maximum Gasteiger partial charge on any atom is 0.277 e. The molecule has 3 nitrogen and oxygen atoms in total. The molecular weight excluding hydrogens is 388 g/mol. The van der Waals surface area contributed by atoms with E-state index in [0.29, 0.717) is 6.42 Å². The number of hydrogen-bond acceptors (Lipinski definition) is 3. The first-order valence-electron chi connectivity index (χ1n) is 9.51. The summed E-state index contributed by atoms with van der Waals surface area (Å²) in [6.45, 7) is 2.06. The van der Waals surface area contributed by atoms with Crippen LogP contribution in [0.5, 0.6) is 0 Å². The molecule has 0 radical (unpaired) electrons. The third kappa shape index (κ3) is 4.66. The van der Waals surface area contributed by atoms with Crippen LogP contribution >= 0.6 is 10.3 Å². The molecule has 0 unspecified atom stereocenters. The minimum absolute atomic E-state index is 0.0299. The third-order valence-electron chi connectivity index (χ3n) is 4.43. The van der Waals surface area contributed by atoms with Gasteiger partial charge in [0.05, 0.1) is 5.75 Å². The van der Waals surface area contributed by atoms with E-state index in [4.69, 9.17) is 3.63 Å². The van der Waals surface area contributed by atoms with Gasteiger partial charge in [-0.15, -0.1) is 0 Å². The standard InChI is InChI=1S/C23H26O3S2/c1-2-3-13-20-27(24,25)26-28(21-14-7-4-8-15-21,22-16-9-5-10-17-22)23-18-11-6-12-19-23/h4-12,14-19H,2-3,13,20H2,1H3. The van der Waals surface area contributed by atoms with E-state index in [9.17, 15) is 8.42 Å². The summed E-state index contributed by atoms with van der Waals surface area (Å²) >= 11 is 0. The lowest BCUT2D eigenvalue weighted by Gasteiger charge is -2.39. The van der Waals surface area contributed by atoms with E-state index < -0.39 is 20.4 Å². The summed E-state index contributed by atoms with van der Waals surface area (Å²) in [7, 11) is -6.13. The predicted octanol–water partition coefficient (Wildman–Crippen LogP) is 6.42. The summed E-state index contributed by atoms with van der Waals surface area (Å²) in [5.74, 6) is 0.0299. The van der Waals surface area contributed by atoms with Gasteiger partial charge in [0.2, 0.25) is 0 Å². The Bertz CT molecular complexity index is 860. The highest BCUT2D eigenvalue weighted by molar-refractivity contribution is 8.33. The summed E-state index contributed by atoms with van der Waals surface area (Å²) in [4.78, 5) is 2.60. The van der Waals surface area contributed by atoms with Crippen molar-refractivity contribution in [2.75, 3.05) is 5.75 Å². The number of unbranched alkanes of at least 4 members (excludes halogenated alkanes) is 2. The Labute approximate surface area is 170 Å². The van der Waals surface area contributed by atoms with Crippen LogP contribution in [-0.4, -0.2) is 14.2 Å². The molecule has 0 N–H and O–H groups in total. The van der Waals surface area contributed by atoms with Crippen LogP contribution in [0, 0.1) is 0 Å². The molecule has 0 bridgehead atoms. The molecule has 0 spiro atoms. The smallest absolute Gasteiger partial charge is 0.207 e. The Kier molecular flexibility index (Phi) is 6.94. The number of rotatable bonds is 9. The average Bonchev–Trinajstić information content (AvgIpc) is 2.74. The molecule has 0 amide bonds. The monoisotopic (exact) mass is 414 g/mol. The first kappa shape index (κ1) is 20.6. The van der Waals surface area contributed by atoms with Gasteiger partial charge in [0.1, 0.15) is 0 Å². The molecule has 0 fully saturated rings. The normalized spacial score (nSPS) is 12.6. The van der Waals surface area contributed by atoms with Gasteiger partial charge in [-0.05, 0) is 53.1 Å². The van der Waals surface area contributed by atoms with Crippen molar-refractivity contribution in [1.29, 1.82) is 0 Å². The van der Waals surface area contributed by atoms with Crippen molar-refractivity contribution in [1.82, 2.24) is 0 Å². The van der Waals surface area contributed by atoms with E-state index in [1.54, 1.807) is 0 Å². The second kappa shape index (κ2) is 9.41. The minimum Gasteiger partial charge on any atom is -0.207 e. The van der Waals surface area contributed by atoms with E-state index in [1.807, 2.05) is 91.0 Å². The van der Waals surface area contributed by atoms with Crippen molar-refractivity contribution in [3.8, 4) is 0 Å². The number of hydrogen-bond donors (Lipinski definition) is 0. The highest BCUT2D eigenvalue weighted by atomic mass is 32.3. The maximum absolute atomic E-state index is 13.0. The summed E-state index contributed by atoms with van der Waals surface area (Å²) in [5, 5.41) is 0. The van der Waals surface area contributed by atoms with Crippen molar-refractivity contribution >= 4 is 20.4 Å². The molecule has 3 aromatic carbocycles. The van der Waals surface area contributed by atoms with E-state index >= 15 is 0 Å². The summed E-state index contributed by atoms with van der Waals surface area (Å²) < 4.78 is 32.3. The van der Waals surface area contributed by atoms with E-state index in [0.717, 1.165) is 27.5 Å². The fraction of sp³-hybridized carbons (Fsp3) is 0.217. The fourth-order valence-corrected chi connectivity index (χ4v) is 8.54. The van der Waals surface area contributed by atoms with Crippen LogP contribution in [0.15, 0.2) is 106 Å². The lowest BCUT2D eigenvalue weighted by Crippen LogP contribution is -2.16. The minimum atomic E-state index is -3.72. The Morgan fingerprint density at radius 3 is 1.39 bits per heavy atom. The van der Waals surface area contributed by atoms with Crippen LogP contribution in [0.3, 0.4) is 0 Å². The van der Waals surface area contributed by atoms with Crippen molar-refractivity contribution in [2.24, 2.45) is 0 Å². The van der Waals surface area contributed by atoms with Gasteiger partial charge in [0, 0.05) is 14.7 Å². The van der Waals surface area contributed by atoms with Crippen LogP contribution in [0.25, 0.3) is 0 Å². The Morgan fingerprint density at radius 1 is 0.643 bits per heavy atom. The molecule has 0 aliphatic carbocycles. The van der Waals surface area contributed by atoms with Gasteiger partial charge in [-0.25, -0.2) is 3.63 Å². The van der Waals surface area contributed by atoms with Crippen LogP contribution in [0.1, 0.15) is 26.2 Å². The van der Waals surface area contributed by atoms with Crippen molar-refractivity contribution < 1.29 is 12.0 Å². The van der Waals surface area contributed by atoms with Gasteiger partial charge in [0.15, 0.2) is 0 Å². The second-order valence-electron chi connectivity index (χ2n) is 6.53. The molecule has 0 saturated carbocycles. The molecule has 0 heterocycles. The molecule has 28 heavy (non-hydrogen) atoms. The van der Waals surface area contributed by atoms with Gasteiger partial charge in [-0.1, -0.05) is 74.4 Å². The van der Waals surface area contributed by atoms with Crippen molar-refractivity contribution in [2.45, 2.75) is 40.9 Å². The van der Waals surface area contributed by atoms with Gasteiger partial charge in [-0.3, -0.25) is 0 Å². The van der Waals surface area contributed by atoms with Crippen LogP contribution in [0.4, 0.5) is 0 Å². The maximum atomic E-state index is 13.0. The average molecular weight is 415 g/mol. The molecule has 0 aliphatic heterocycles. The topological polar surface area (TPSA) is 43.4 Å². The van der Waals surface area contributed by atoms with E-state index in [2.05, 4.69) is 6.92 Å². The fourth-order valence-electron chi connectivity index (χ4n) is 3.08. The van der Waals surface area contributed by atoms with Gasteiger partial charge in [0.25, 0.3) is 10.1 Å². The Hall–Kier alpha value is -2.08. The summed E-state index contributed by atoms with van der Waals surface area (Å²) in [6, 6.07) is 29.1. The molecular formula is C23H26O3S2.